The van der Waals surface area contributed by atoms with Crippen LogP contribution in [0, 0.1) is 5.41 Å². The number of methoxy groups -OCH3 is 1. The van der Waals surface area contributed by atoms with Gasteiger partial charge in [-0.25, -0.2) is 9.37 Å². The number of nitrogens with two attached hydrogens (primary N) is 1. The van der Waals surface area contributed by atoms with Crippen molar-refractivity contribution in [3.8, 4) is 0 Å². The highest BCUT2D eigenvalue weighted by Gasteiger charge is 2.37. The Hall–Kier alpha value is -3.10. The molecule has 0 radical (unpaired) electrons. The maximum atomic E-state index is 13.1. The fraction of sp³-hybridized carbons (Fsp3) is 0.444. The Morgan fingerprint density at radius 2 is 1.86 bits per heavy atom. The minimum atomic E-state index is -0.638. The number of H-pyrrole nitrogens is 1. The number of carbonyl (C=O) groups excluding carboxylic acids is 1. The van der Waals surface area contributed by atoms with Crippen molar-refractivity contribution in [1.82, 2.24) is 19.9 Å². The van der Waals surface area contributed by atoms with E-state index in [0.717, 1.165) is 16.8 Å². The second kappa shape index (κ2) is 12.0. The van der Waals surface area contributed by atoms with Gasteiger partial charge in [0.2, 0.25) is 5.91 Å². The number of pyridine rings is 1. The molecule has 0 bridgehead atoms. The van der Waals surface area contributed by atoms with Crippen LogP contribution < -0.4 is 5.73 Å². The van der Waals surface area contributed by atoms with Crippen LogP contribution in [-0.2, 0) is 9.53 Å². The third-order valence-electron chi connectivity index (χ3n) is 5.99. The van der Waals surface area contributed by atoms with Crippen LogP contribution in [0.5, 0.6) is 0 Å². The average molecular weight is 482 g/mol. The average Bonchev–Trinajstić information content (AvgIpc) is 3.30. The highest BCUT2D eigenvalue weighted by atomic mass is 19.1. The summed E-state index contributed by atoms with van der Waals surface area (Å²) in [6.07, 6.45) is 5.77. The molecule has 1 amide bonds. The summed E-state index contributed by atoms with van der Waals surface area (Å²) < 4.78 is 18.2. The van der Waals surface area contributed by atoms with Gasteiger partial charge in [0.15, 0.2) is 0 Å². The number of ether oxygens (including phenoxy) is 1. The third-order valence-corrected chi connectivity index (χ3v) is 5.99. The van der Waals surface area contributed by atoms with E-state index in [4.69, 9.17) is 15.5 Å². The lowest BCUT2D eigenvalue weighted by Crippen LogP contribution is -2.45. The molecule has 2 heterocycles. The number of alkyl halides is 1. The predicted octanol–water partition coefficient (Wildman–Crippen LogP) is 4.23. The van der Waals surface area contributed by atoms with E-state index in [9.17, 15) is 9.18 Å². The van der Waals surface area contributed by atoms with Gasteiger partial charge >= 0.3 is 0 Å². The molecule has 0 aliphatic heterocycles. The van der Waals surface area contributed by atoms with Gasteiger partial charge in [-0.15, -0.1) is 0 Å². The number of benzene rings is 1. The molecule has 3 aromatic rings. The van der Waals surface area contributed by atoms with Crippen molar-refractivity contribution in [2.75, 3.05) is 26.9 Å². The molecule has 0 aliphatic rings. The maximum absolute atomic E-state index is 13.1. The van der Waals surface area contributed by atoms with Crippen LogP contribution in [0.1, 0.15) is 61.8 Å². The summed E-state index contributed by atoms with van der Waals surface area (Å²) in [5, 5.41) is 0. The molecule has 8 heteroatoms. The second-order valence-electron chi connectivity index (χ2n) is 9.85. The van der Waals surface area contributed by atoms with E-state index in [1.807, 2.05) is 42.7 Å². The number of amides is 1. The van der Waals surface area contributed by atoms with Crippen molar-refractivity contribution in [3.05, 3.63) is 83.7 Å². The molecule has 3 N–H and O–H groups in total. The summed E-state index contributed by atoms with van der Waals surface area (Å²) in [5.41, 5.74) is 8.50. The zero-order valence-corrected chi connectivity index (χ0v) is 20.9. The van der Waals surface area contributed by atoms with E-state index in [1.54, 1.807) is 11.1 Å². The molecule has 2 aromatic heterocycles. The van der Waals surface area contributed by atoms with Gasteiger partial charge in [0, 0.05) is 44.0 Å². The van der Waals surface area contributed by atoms with E-state index in [2.05, 4.69) is 42.9 Å². The monoisotopic (exact) mass is 481 g/mol. The number of nitrogens with one attached hydrogen (secondary N) is 1. The molecule has 3 atom stereocenters. The van der Waals surface area contributed by atoms with Gasteiger partial charge in [-0.05, 0) is 29.0 Å². The van der Waals surface area contributed by atoms with Crippen LogP contribution in [0.2, 0.25) is 0 Å². The first-order valence-electron chi connectivity index (χ1n) is 11.9. The highest BCUT2D eigenvalue weighted by Crippen LogP contribution is 2.39. The van der Waals surface area contributed by atoms with Crippen molar-refractivity contribution in [1.29, 1.82) is 0 Å². The van der Waals surface area contributed by atoms with E-state index in [-0.39, 0.29) is 23.8 Å². The summed E-state index contributed by atoms with van der Waals surface area (Å²) in [5.74, 6) is 0.369. The summed E-state index contributed by atoms with van der Waals surface area (Å²) in [4.78, 5) is 27.4. The fourth-order valence-electron chi connectivity index (χ4n) is 4.39. The lowest BCUT2D eigenvalue weighted by atomic mass is 9.84. The van der Waals surface area contributed by atoms with Gasteiger partial charge in [-0.3, -0.25) is 9.78 Å². The number of hydrogen-bond acceptors (Lipinski definition) is 5. The summed E-state index contributed by atoms with van der Waals surface area (Å²) >= 11 is 0. The van der Waals surface area contributed by atoms with Crippen LogP contribution in [0.3, 0.4) is 0 Å². The molecular formula is C27H36FN5O2. The van der Waals surface area contributed by atoms with Gasteiger partial charge in [-0.1, -0.05) is 57.2 Å². The topological polar surface area (TPSA) is 97.1 Å². The van der Waals surface area contributed by atoms with Crippen molar-refractivity contribution >= 4 is 5.91 Å². The van der Waals surface area contributed by atoms with Crippen LogP contribution in [-0.4, -0.2) is 58.7 Å². The molecule has 0 saturated carbocycles. The van der Waals surface area contributed by atoms with Crippen molar-refractivity contribution in [3.63, 3.8) is 0 Å². The first-order chi connectivity index (χ1) is 16.8. The molecule has 0 aliphatic carbocycles. The van der Waals surface area contributed by atoms with Crippen molar-refractivity contribution < 1.29 is 13.9 Å². The van der Waals surface area contributed by atoms with Gasteiger partial charge in [0.25, 0.3) is 0 Å². The van der Waals surface area contributed by atoms with Crippen LogP contribution in [0.4, 0.5) is 4.39 Å². The highest BCUT2D eigenvalue weighted by molar-refractivity contribution is 5.78. The Labute approximate surface area is 206 Å². The van der Waals surface area contributed by atoms with Crippen molar-refractivity contribution in [2.24, 2.45) is 11.1 Å². The number of hydrogen-bond donors (Lipinski definition) is 2. The lowest BCUT2D eigenvalue weighted by Gasteiger charge is -2.39. The number of aromatic amines is 1. The largest absolute Gasteiger partial charge is 0.375 e. The Morgan fingerprint density at radius 3 is 2.46 bits per heavy atom. The summed E-state index contributed by atoms with van der Waals surface area (Å²) in [7, 11) is 1.48. The van der Waals surface area contributed by atoms with Gasteiger partial charge in [0.1, 0.15) is 19.1 Å². The number of halogens is 1. The molecule has 188 valence electrons. The molecule has 1 aromatic carbocycles. The Bertz CT molecular complexity index is 1010. The maximum Gasteiger partial charge on any atom is 0.249 e. The molecular weight excluding hydrogens is 445 g/mol. The fourth-order valence-corrected chi connectivity index (χ4v) is 4.39. The first-order valence-corrected chi connectivity index (χ1v) is 11.9. The quantitative estimate of drug-likeness (QED) is 0.427. The van der Waals surface area contributed by atoms with E-state index < -0.39 is 18.8 Å². The predicted molar refractivity (Wildman–Crippen MR) is 135 cm³/mol. The smallest absolute Gasteiger partial charge is 0.249 e. The number of carbonyl (C=O) groups is 1. The van der Waals surface area contributed by atoms with Gasteiger partial charge < -0.3 is 20.4 Å². The van der Waals surface area contributed by atoms with Crippen LogP contribution in [0.15, 0.2) is 61.1 Å². The van der Waals surface area contributed by atoms with Gasteiger partial charge in [0.05, 0.1) is 12.0 Å². The number of nitrogens with zero attached hydrogens (tertiary/aromatic N) is 3. The lowest BCUT2D eigenvalue weighted by molar-refractivity contribution is -0.140. The molecule has 0 saturated heterocycles. The third kappa shape index (κ3) is 6.74. The first kappa shape index (κ1) is 26.5. The van der Waals surface area contributed by atoms with E-state index in [1.165, 1.54) is 7.11 Å². The van der Waals surface area contributed by atoms with E-state index in [0.29, 0.717) is 18.8 Å². The number of rotatable bonds is 11. The SMILES string of the molecule is COCC(=O)N(CC[C@H](N)CF)C(c1ncc([C@H](c2ccccc2)c2cccnc2)[nH]1)C(C)(C)C. The summed E-state index contributed by atoms with van der Waals surface area (Å²) in [6, 6.07) is 13.1. The minimum Gasteiger partial charge on any atom is -0.375 e. The number of aromatic nitrogens is 3. The molecule has 3 rings (SSSR count). The zero-order chi connectivity index (χ0) is 25.4. The zero-order valence-electron chi connectivity index (χ0n) is 20.9. The molecule has 0 spiro atoms. The molecule has 1 unspecified atom stereocenters. The Balaban J connectivity index is 2.04. The molecule has 0 fully saturated rings. The minimum absolute atomic E-state index is 0.0761. The Morgan fingerprint density at radius 1 is 1.14 bits per heavy atom. The summed E-state index contributed by atoms with van der Waals surface area (Å²) in [6.45, 7) is 5.75. The molecule has 35 heavy (non-hydrogen) atoms. The standard InChI is InChI=1S/C27H36FN5O2/c1-27(2,3)25(33(23(34)18-35-4)14-12-21(29)15-28)26-31-17-22(32-26)24(19-9-6-5-7-10-19)20-11-8-13-30-16-20/h5-11,13,16-17,21,24-25H,12,14-15,18,29H2,1-4H3,(H,31,32)/t21-,24+,25?/m0/s1. The second-order valence-corrected chi connectivity index (χ2v) is 9.85. The normalized spacial score (nSPS) is 14.3. The van der Waals surface area contributed by atoms with Crippen LogP contribution >= 0.6 is 0 Å². The number of imidazole rings is 1. The molecule has 7 nitrogen and oxygen atoms in total. The van der Waals surface area contributed by atoms with Gasteiger partial charge in [-0.2, -0.15) is 0 Å². The van der Waals surface area contributed by atoms with E-state index >= 15 is 0 Å². The Kier molecular flexibility index (Phi) is 9.12. The van der Waals surface area contributed by atoms with Crippen molar-refractivity contribution in [2.45, 2.75) is 45.2 Å². The van der Waals surface area contributed by atoms with Crippen LogP contribution in [0.25, 0.3) is 0 Å².